The Kier molecular flexibility index (Phi) is 7.06. The van der Waals surface area contributed by atoms with E-state index in [4.69, 9.17) is 12.2 Å². The van der Waals surface area contributed by atoms with Crippen molar-refractivity contribution in [2.45, 2.75) is 19.4 Å². The van der Waals surface area contributed by atoms with E-state index in [0.29, 0.717) is 0 Å². The average Bonchev–Trinajstić information content (AvgIpc) is 2.20. The van der Waals surface area contributed by atoms with Gasteiger partial charge in [-0.1, -0.05) is 5.92 Å². The molecule has 0 heterocycles. The monoisotopic (exact) mass is 222 g/mol. The molecule has 4 heteroatoms. The van der Waals surface area contributed by atoms with Crippen molar-refractivity contribution in [1.82, 2.24) is 9.80 Å². The van der Waals surface area contributed by atoms with Crippen LogP contribution in [0.4, 0.5) is 0 Å². The highest BCUT2D eigenvalue weighted by Gasteiger charge is 2.08. The summed E-state index contributed by atoms with van der Waals surface area (Å²) >= 11 is 0. The summed E-state index contributed by atoms with van der Waals surface area (Å²) in [5.41, 5.74) is 5.72. The van der Waals surface area contributed by atoms with Gasteiger partial charge in [0.15, 0.2) is 5.96 Å². The van der Waals surface area contributed by atoms with Crippen molar-refractivity contribution in [1.29, 1.82) is 0 Å². The van der Waals surface area contributed by atoms with Gasteiger partial charge in [-0.3, -0.25) is 0 Å². The first-order valence-corrected chi connectivity index (χ1v) is 5.32. The van der Waals surface area contributed by atoms with Gasteiger partial charge in [0.25, 0.3) is 0 Å². The normalized spacial score (nSPS) is 13.6. The van der Waals surface area contributed by atoms with Crippen LogP contribution in [0.5, 0.6) is 0 Å². The van der Waals surface area contributed by atoms with Gasteiger partial charge in [-0.2, -0.15) is 0 Å². The van der Waals surface area contributed by atoms with Crippen molar-refractivity contribution < 1.29 is 0 Å². The van der Waals surface area contributed by atoms with E-state index in [2.05, 4.69) is 15.8 Å². The van der Waals surface area contributed by atoms with E-state index in [1.54, 1.807) is 12.3 Å². The molecule has 1 atom stereocenters. The van der Waals surface area contributed by atoms with Crippen molar-refractivity contribution in [2.75, 3.05) is 27.7 Å². The van der Waals surface area contributed by atoms with Crippen LogP contribution in [0.2, 0.25) is 0 Å². The van der Waals surface area contributed by atoms with Crippen LogP contribution < -0.4 is 5.73 Å². The van der Waals surface area contributed by atoms with Crippen LogP contribution in [-0.2, 0) is 0 Å². The summed E-state index contributed by atoms with van der Waals surface area (Å²) in [5.74, 6) is 3.27. The molecule has 0 aliphatic heterocycles. The predicted octanol–water partition coefficient (Wildman–Crippen LogP) is 0.720. The molecular weight excluding hydrogens is 200 g/mol. The number of allylic oxidation sites excluding steroid dienone is 1. The average molecular weight is 222 g/mol. The van der Waals surface area contributed by atoms with E-state index in [-0.39, 0.29) is 6.04 Å². The van der Waals surface area contributed by atoms with Crippen LogP contribution >= 0.6 is 0 Å². The number of aliphatic imine (C=N–C) groups is 1. The molecule has 0 aromatic carbocycles. The zero-order valence-electron chi connectivity index (χ0n) is 10.6. The number of guanidine groups is 1. The van der Waals surface area contributed by atoms with E-state index in [1.165, 1.54) is 0 Å². The summed E-state index contributed by atoms with van der Waals surface area (Å²) < 4.78 is 0. The maximum absolute atomic E-state index is 5.72. The molecule has 16 heavy (non-hydrogen) atoms. The molecule has 0 amide bonds. The highest BCUT2D eigenvalue weighted by atomic mass is 15.3. The largest absolute Gasteiger partial charge is 0.349 e. The number of terminal acetylenes is 1. The molecule has 0 rings (SSSR count). The molecule has 0 aliphatic carbocycles. The molecule has 90 valence electrons. The Morgan fingerprint density at radius 3 is 2.56 bits per heavy atom. The van der Waals surface area contributed by atoms with Crippen LogP contribution in [0, 0.1) is 12.3 Å². The lowest BCUT2D eigenvalue weighted by Crippen LogP contribution is -2.39. The number of nitrogens with zero attached hydrogens (tertiary/aromatic N) is 3. The Morgan fingerprint density at radius 2 is 2.12 bits per heavy atom. The first-order valence-electron chi connectivity index (χ1n) is 5.32. The third kappa shape index (κ3) is 6.10. The van der Waals surface area contributed by atoms with Gasteiger partial charge in [0.2, 0.25) is 0 Å². The highest BCUT2D eigenvalue weighted by molar-refractivity contribution is 5.80. The van der Waals surface area contributed by atoms with E-state index in [1.807, 2.05) is 33.0 Å². The topological polar surface area (TPSA) is 44.9 Å². The summed E-state index contributed by atoms with van der Waals surface area (Å²) in [6, 6.07) is 0.201. The van der Waals surface area contributed by atoms with Crippen LogP contribution in [-0.4, -0.2) is 49.5 Å². The first kappa shape index (κ1) is 14.5. The van der Waals surface area contributed by atoms with Gasteiger partial charge in [0.1, 0.15) is 0 Å². The summed E-state index contributed by atoms with van der Waals surface area (Å²) in [6.45, 7) is 2.87. The molecule has 0 saturated carbocycles. The fourth-order valence-electron chi connectivity index (χ4n) is 1.20. The van der Waals surface area contributed by atoms with Gasteiger partial charge >= 0.3 is 0 Å². The molecule has 0 aliphatic rings. The van der Waals surface area contributed by atoms with Crippen molar-refractivity contribution in [2.24, 2.45) is 10.7 Å². The van der Waals surface area contributed by atoms with E-state index >= 15 is 0 Å². The van der Waals surface area contributed by atoms with Crippen molar-refractivity contribution in [3.05, 3.63) is 12.3 Å². The van der Waals surface area contributed by atoms with Crippen LogP contribution in [0.1, 0.15) is 13.3 Å². The molecule has 1 unspecified atom stereocenters. The highest BCUT2D eigenvalue weighted by Crippen LogP contribution is 1.97. The number of hydrogen-bond acceptors (Lipinski definition) is 2. The zero-order valence-corrected chi connectivity index (χ0v) is 10.6. The summed E-state index contributed by atoms with van der Waals surface area (Å²) in [4.78, 5) is 8.30. The van der Waals surface area contributed by atoms with Gasteiger partial charge in [-0.15, -0.1) is 6.42 Å². The lowest BCUT2D eigenvalue weighted by atomic mass is 10.2. The fraction of sp³-hybridized carbons (Fsp3) is 0.583. The Labute approximate surface area is 98.8 Å². The fourth-order valence-corrected chi connectivity index (χ4v) is 1.20. The molecule has 2 N–H and O–H groups in total. The Bertz CT molecular complexity index is 284. The minimum absolute atomic E-state index is 0.201. The molecule has 0 radical (unpaired) electrons. The smallest absolute Gasteiger partial charge is 0.200 e. The lowest BCUT2D eigenvalue weighted by Gasteiger charge is -2.26. The van der Waals surface area contributed by atoms with E-state index in [9.17, 15) is 0 Å². The number of nitrogens with two attached hydrogens (primary N) is 1. The van der Waals surface area contributed by atoms with Crippen molar-refractivity contribution in [3.8, 4) is 12.3 Å². The molecule has 0 bridgehead atoms. The second-order valence-corrected chi connectivity index (χ2v) is 3.99. The van der Waals surface area contributed by atoms with E-state index in [0.717, 1.165) is 18.9 Å². The Hall–Kier alpha value is -1.47. The summed E-state index contributed by atoms with van der Waals surface area (Å²) in [7, 11) is 5.89. The van der Waals surface area contributed by atoms with Crippen LogP contribution in [0.3, 0.4) is 0 Å². The SMILES string of the molecule is C#C/C=C/N=C(\N(C)C)N(C)CCC(C)N. The van der Waals surface area contributed by atoms with Gasteiger partial charge in [0.05, 0.1) is 0 Å². The Balaban J connectivity index is 4.48. The minimum Gasteiger partial charge on any atom is -0.349 e. The standard InChI is InChI=1S/C12H22N4/c1-6-7-9-14-12(15(3)4)16(5)10-8-11(2)13/h1,7,9,11H,8,10,13H2,2-5H3/b9-7+,14-12+. The first-order chi connectivity index (χ1) is 7.49. The van der Waals surface area contributed by atoms with Gasteiger partial charge < -0.3 is 15.5 Å². The number of hydrogen-bond donors (Lipinski definition) is 1. The number of rotatable bonds is 4. The maximum atomic E-state index is 5.72. The van der Waals surface area contributed by atoms with Gasteiger partial charge in [-0.05, 0) is 13.3 Å². The molecule has 4 nitrogen and oxygen atoms in total. The second kappa shape index (κ2) is 7.77. The molecule has 0 aromatic heterocycles. The lowest BCUT2D eigenvalue weighted by molar-refractivity contribution is 0.405. The second-order valence-electron chi connectivity index (χ2n) is 3.99. The third-order valence-electron chi connectivity index (χ3n) is 2.02. The van der Waals surface area contributed by atoms with Crippen LogP contribution in [0.15, 0.2) is 17.3 Å². The van der Waals surface area contributed by atoms with Gasteiger partial charge in [0, 0.05) is 46.0 Å². The maximum Gasteiger partial charge on any atom is 0.200 e. The quantitative estimate of drug-likeness (QED) is 0.433. The van der Waals surface area contributed by atoms with Crippen LogP contribution in [0.25, 0.3) is 0 Å². The summed E-state index contributed by atoms with van der Waals surface area (Å²) in [5, 5.41) is 0. The Morgan fingerprint density at radius 1 is 1.50 bits per heavy atom. The van der Waals surface area contributed by atoms with E-state index < -0.39 is 0 Å². The molecule has 0 spiro atoms. The zero-order chi connectivity index (χ0) is 12.6. The van der Waals surface area contributed by atoms with Gasteiger partial charge in [-0.25, -0.2) is 4.99 Å². The molecule has 0 aromatic rings. The third-order valence-corrected chi connectivity index (χ3v) is 2.02. The predicted molar refractivity (Wildman–Crippen MR) is 70.0 cm³/mol. The minimum atomic E-state index is 0.201. The molecular formula is C12H22N4. The van der Waals surface area contributed by atoms with Crippen molar-refractivity contribution >= 4 is 5.96 Å². The summed E-state index contributed by atoms with van der Waals surface area (Å²) in [6.07, 6.45) is 9.24. The molecule has 0 saturated heterocycles. The molecule has 0 fully saturated rings. The van der Waals surface area contributed by atoms with Crippen molar-refractivity contribution in [3.63, 3.8) is 0 Å².